The molecule has 0 bridgehead atoms. The molecule has 1 aromatic carbocycles. The summed E-state index contributed by atoms with van der Waals surface area (Å²) in [6, 6.07) is 7.08. The fourth-order valence-corrected chi connectivity index (χ4v) is 2.26. The molecule has 18 heavy (non-hydrogen) atoms. The minimum atomic E-state index is -0.155. The molecular formula is C12H11N3OS2. The lowest BCUT2D eigenvalue weighted by molar-refractivity contribution is 0.103. The van der Waals surface area contributed by atoms with E-state index >= 15 is 0 Å². The molecule has 0 aliphatic rings. The van der Waals surface area contributed by atoms with Gasteiger partial charge in [-0.05, 0) is 31.2 Å². The molecule has 0 unspecified atom stereocenters. The van der Waals surface area contributed by atoms with Crippen LogP contribution in [0.25, 0.3) is 0 Å². The Morgan fingerprint density at radius 1 is 1.39 bits per heavy atom. The number of nitrogens with two attached hydrogens (primary N) is 1. The Balaban J connectivity index is 2.13. The number of anilines is 1. The minimum absolute atomic E-state index is 0.155. The predicted octanol–water partition coefficient (Wildman–Crippen LogP) is 2.34. The van der Waals surface area contributed by atoms with Crippen molar-refractivity contribution in [3.63, 3.8) is 0 Å². The van der Waals surface area contributed by atoms with E-state index in [0.29, 0.717) is 15.6 Å². The van der Waals surface area contributed by atoms with Crippen molar-refractivity contribution in [1.82, 2.24) is 4.98 Å². The van der Waals surface area contributed by atoms with Gasteiger partial charge in [-0.25, -0.2) is 4.98 Å². The van der Waals surface area contributed by atoms with Crippen molar-refractivity contribution in [2.24, 2.45) is 5.73 Å². The zero-order chi connectivity index (χ0) is 13.1. The molecule has 0 saturated heterocycles. The molecule has 6 heteroatoms. The van der Waals surface area contributed by atoms with Gasteiger partial charge in [-0.1, -0.05) is 12.2 Å². The van der Waals surface area contributed by atoms with Gasteiger partial charge < -0.3 is 11.1 Å². The third-order valence-corrected chi connectivity index (χ3v) is 3.54. The highest BCUT2D eigenvalue weighted by Gasteiger charge is 2.11. The number of hydrogen-bond donors (Lipinski definition) is 2. The topological polar surface area (TPSA) is 68.0 Å². The van der Waals surface area contributed by atoms with Crippen LogP contribution < -0.4 is 11.1 Å². The van der Waals surface area contributed by atoms with Gasteiger partial charge in [0.1, 0.15) is 9.87 Å². The molecule has 0 aliphatic heterocycles. The van der Waals surface area contributed by atoms with Crippen molar-refractivity contribution in [2.75, 3.05) is 5.32 Å². The lowest BCUT2D eigenvalue weighted by atomic mass is 10.2. The summed E-state index contributed by atoms with van der Waals surface area (Å²) in [4.78, 5) is 16.9. The molecule has 0 spiro atoms. The molecular weight excluding hydrogens is 266 g/mol. The molecule has 0 saturated carbocycles. The smallest absolute Gasteiger partial charge is 0.267 e. The minimum Gasteiger partial charge on any atom is -0.389 e. The van der Waals surface area contributed by atoms with Crippen LogP contribution in [-0.4, -0.2) is 15.9 Å². The summed E-state index contributed by atoms with van der Waals surface area (Å²) in [5.41, 5.74) is 9.36. The summed E-state index contributed by atoms with van der Waals surface area (Å²) in [5.74, 6) is -0.155. The molecule has 0 radical (unpaired) electrons. The monoisotopic (exact) mass is 277 g/mol. The van der Waals surface area contributed by atoms with E-state index in [-0.39, 0.29) is 5.91 Å². The molecule has 2 rings (SSSR count). The van der Waals surface area contributed by atoms with E-state index in [1.165, 1.54) is 11.3 Å². The Bertz CT molecular complexity index is 590. The summed E-state index contributed by atoms with van der Waals surface area (Å²) in [5, 5.41) is 2.80. The highest BCUT2D eigenvalue weighted by molar-refractivity contribution is 7.80. The summed E-state index contributed by atoms with van der Waals surface area (Å²) >= 11 is 6.18. The standard InChI is InChI=1S/C12H11N3OS2/c1-7-10(18-6-14-7)12(16)15-9-4-2-8(3-5-9)11(13)17/h2-6H,1H3,(H2,13,17)(H,15,16). The number of aryl methyl sites for hydroxylation is 1. The van der Waals surface area contributed by atoms with Gasteiger partial charge in [0.05, 0.1) is 11.2 Å². The van der Waals surface area contributed by atoms with Gasteiger partial charge in [0.15, 0.2) is 0 Å². The van der Waals surface area contributed by atoms with E-state index in [1.54, 1.807) is 36.7 Å². The fraction of sp³-hybridized carbons (Fsp3) is 0.0833. The van der Waals surface area contributed by atoms with Crippen molar-refractivity contribution in [3.05, 3.63) is 45.9 Å². The molecule has 1 heterocycles. The van der Waals surface area contributed by atoms with Crippen molar-refractivity contribution in [2.45, 2.75) is 6.92 Å². The van der Waals surface area contributed by atoms with Crippen LogP contribution in [0.15, 0.2) is 29.8 Å². The van der Waals surface area contributed by atoms with E-state index in [9.17, 15) is 4.79 Å². The summed E-state index contributed by atoms with van der Waals surface area (Å²) < 4.78 is 0. The third kappa shape index (κ3) is 2.72. The van der Waals surface area contributed by atoms with Crippen LogP contribution in [-0.2, 0) is 0 Å². The maximum absolute atomic E-state index is 11.9. The second kappa shape index (κ2) is 5.24. The van der Waals surface area contributed by atoms with Crippen LogP contribution in [0, 0.1) is 6.92 Å². The van der Waals surface area contributed by atoms with Crippen LogP contribution in [0.4, 0.5) is 5.69 Å². The number of nitrogens with zero attached hydrogens (tertiary/aromatic N) is 1. The summed E-state index contributed by atoms with van der Waals surface area (Å²) in [7, 11) is 0. The Morgan fingerprint density at radius 2 is 2.06 bits per heavy atom. The van der Waals surface area contributed by atoms with Crippen LogP contribution in [0.2, 0.25) is 0 Å². The van der Waals surface area contributed by atoms with Crippen molar-refractivity contribution in [1.29, 1.82) is 0 Å². The molecule has 0 aliphatic carbocycles. The largest absolute Gasteiger partial charge is 0.389 e. The number of hydrogen-bond acceptors (Lipinski definition) is 4. The third-order valence-electron chi connectivity index (χ3n) is 2.38. The number of thiazole rings is 1. The quantitative estimate of drug-likeness (QED) is 0.845. The van der Waals surface area contributed by atoms with Crippen LogP contribution in [0.1, 0.15) is 20.9 Å². The lowest BCUT2D eigenvalue weighted by Crippen LogP contribution is -2.12. The number of benzene rings is 1. The molecule has 92 valence electrons. The molecule has 3 N–H and O–H groups in total. The first-order valence-corrected chi connectivity index (χ1v) is 6.48. The van der Waals surface area contributed by atoms with Gasteiger partial charge >= 0.3 is 0 Å². The molecule has 0 atom stereocenters. The average Bonchev–Trinajstić information content (AvgIpc) is 2.76. The number of thiocarbonyl (C=S) groups is 1. The Hall–Kier alpha value is -1.79. The number of carbonyl (C=O) groups is 1. The van der Waals surface area contributed by atoms with Crippen molar-refractivity contribution in [3.8, 4) is 0 Å². The zero-order valence-electron chi connectivity index (χ0n) is 9.64. The van der Waals surface area contributed by atoms with Gasteiger partial charge in [0.2, 0.25) is 0 Å². The maximum atomic E-state index is 11.9. The number of nitrogens with one attached hydrogen (secondary N) is 1. The lowest BCUT2D eigenvalue weighted by Gasteiger charge is -2.05. The van der Waals surface area contributed by atoms with E-state index in [1.807, 2.05) is 0 Å². The number of aromatic nitrogens is 1. The van der Waals surface area contributed by atoms with Crippen molar-refractivity contribution >= 4 is 40.1 Å². The Kier molecular flexibility index (Phi) is 3.69. The van der Waals surface area contributed by atoms with Crippen LogP contribution in [0.5, 0.6) is 0 Å². The summed E-state index contributed by atoms with van der Waals surface area (Å²) in [6.45, 7) is 1.81. The molecule has 4 nitrogen and oxygen atoms in total. The number of carbonyl (C=O) groups excluding carboxylic acids is 1. The number of amides is 1. The van der Waals surface area contributed by atoms with E-state index < -0.39 is 0 Å². The first kappa shape index (κ1) is 12.7. The second-order valence-electron chi connectivity index (χ2n) is 3.66. The van der Waals surface area contributed by atoms with E-state index in [4.69, 9.17) is 18.0 Å². The molecule has 1 aromatic heterocycles. The summed E-state index contributed by atoms with van der Waals surface area (Å²) in [6.07, 6.45) is 0. The number of rotatable bonds is 3. The van der Waals surface area contributed by atoms with Crippen molar-refractivity contribution < 1.29 is 4.79 Å². The van der Waals surface area contributed by atoms with Gasteiger partial charge in [-0.15, -0.1) is 11.3 Å². The fourth-order valence-electron chi connectivity index (χ4n) is 1.43. The SMILES string of the molecule is Cc1ncsc1C(=O)Nc1ccc(C(N)=S)cc1. The second-order valence-corrected chi connectivity index (χ2v) is 4.96. The first-order valence-electron chi connectivity index (χ1n) is 5.19. The molecule has 1 amide bonds. The zero-order valence-corrected chi connectivity index (χ0v) is 11.3. The van der Waals surface area contributed by atoms with Gasteiger partial charge in [0, 0.05) is 11.3 Å². The first-order chi connectivity index (χ1) is 8.58. The van der Waals surface area contributed by atoms with E-state index in [0.717, 1.165) is 11.3 Å². The van der Waals surface area contributed by atoms with Crippen LogP contribution in [0.3, 0.4) is 0 Å². The Morgan fingerprint density at radius 3 is 2.56 bits per heavy atom. The van der Waals surface area contributed by atoms with Gasteiger partial charge in [-0.3, -0.25) is 4.79 Å². The van der Waals surface area contributed by atoms with Gasteiger partial charge in [0.25, 0.3) is 5.91 Å². The molecule has 2 aromatic rings. The van der Waals surface area contributed by atoms with Gasteiger partial charge in [-0.2, -0.15) is 0 Å². The highest BCUT2D eigenvalue weighted by atomic mass is 32.1. The Labute approximate surface area is 114 Å². The predicted molar refractivity (Wildman–Crippen MR) is 77.1 cm³/mol. The molecule has 0 fully saturated rings. The normalized spacial score (nSPS) is 10.1. The maximum Gasteiger partial charge on any atom is 0.267 e. The van der Waals surface area contributed by atoms with E-state index in [2.05, 4.69) is 10.3 Å². The average molecular weight is 277 g/mol. The highest BCUT2D eigenvalue weighted by Crippen LogP contribution is 2.16. The van der Waals surface area contributed by atoms with Crippen LogP contribution >= 0.6 is 23.6 Å².